The summed E-state index contributed by atoms with van der Waals surface area (Å²) in [5.74, 6) is 1.60. The van der Waals surface area contributed by atoms with E-state index in [0.29, 0.717) is 18.5 Å². The maximum atomic E-state index is 9.87. The van der Waals surface area contributed by atoms with Crippen LogP contribution in [0.25, 0.3) is 10.8 Å². The van der Waals surface area contributed by atoms with E-state index in [1.165, 1.54) is 32.1 Å². The average molecular weight is 334 g/mol. The summed E-state index contributed by atoms with van der Waals surface area (Å²) in [5, 5.41) is 11.9. The van der Waals surface area contributed by atoms with E-state index in [-0.39, 0.29) is 6.10 Å². The zero-order valence-electron chi connectivity index (χ0n) is 14.0. The molecule has 1 atom stereocenters. The van der Waals surface area contributed by atoms with Gasteiger partial charge in [0.25, 0.3) is 0 Å². The van der Waals surface area contributed by atoms with E-state index in [0.717, 1.165) is 22.9 Å². The third-order valence-corrected chi connectivity index (χ3v) is 5.43. The quantitative estimate of drug-likeness (QED) is 0.859. The molecule has 1 fully saturated rings. The molecule has 3 rings (SSSR count). The molecule has 0 amide bonds. The van der Waals surface area contributed by atoms with Crippen molar-refractivity contribution >= 4 is 11.3 Å². The second kappa shape index (κ2) is 7.60. The molecule has 0 saturated heterocycles. The number of rotatable bonds is 6. The number of aryl methyl sites for hydroxylation is 1. The van der Waals surface area contributed by atoms with Crippen molar-refractivity contribution in [3.8, 4) is 10.8 Å². The number of hydrogen-bond acceptors (Lipinski definition) is 5. The fourth-order valence-electron chi connectivity index (χ4n) is 3.40. The molecule has 1 aliphatic carbocycles. The van der Waals surface area contributed by atoms with E-state index in [9.17, 15) is 5.11 Å². The average Bonchev–Trinajstić information content (AvgIpc) is 3.17. The van der Waals surface area contributed by atoms with Gasteiger partial charge in [-0.15, -0.1) is 11.3 Å². The Morgan fingerprint density at radius 1 is 1.39 bits per heavy atom. The Labute approximate surface area is 142 Å². The van der Waals surface area contributed by atoms with Crippen molar-refractivity contribution in [1.29, 1.82) is 0 Å². The Hall–Kier alpha value is -1.17. The summed E-state index contributed by atoms with van der Waals surface area (Å²) in [6.45, 7) is 5.31. The van der Waals surface area contributed by atoms with Crippen molar-refractivity contribution in [1.82, 2.24) is 9.88 Å². The minimum atomic E-state index is -0.319. The predicted octanol–water partition coefficient (Wildman–Crippen LogP) is 4.23. The summed E-state index contributed by atoms with van der Waals surface area (Å²) in [5.41, 5.74) is 1.000. The van der Waals surface area contributed by atoms with E-state index in [1.54, 1.807) is 11.3 Å². The van der Waals surface area contributed by atoms with E-state index in [2.05, 4.69) is 4.90 Å². The first-order chi connectivity index (χ1) is 11.1. The largest absolute Gasteiger partial charge is 0.440 e. The van der Waals surface area contributed by atoms with Crippen molar-refractivity contribution in [3.05, 3.63) is 29.0 Å². The highest BCUT2D eigenvalue weighted by Gasteiger charge is 2.24. The van der Waals surface area contributed by atoms with Gasteiger partial charge in [0.05, 0.1) is 16.7 Å². The predicted molar refractivity (Wildman–Crippen MR) is 93.5 cm³/mol. The highest BCUT2D eigenvalue weighted by atomic mass is 32.1. The Bertz CT molecular complexity index is 601. The molecule has 5 heteroatoms. The molecule has 2 aromatic heterocycles. The summed E-state index contributed by atoms with van der Waals surface area (Å²) >= 11 is 1.65. The van der Waals surface area contributed by atoms with Crippen LogP contribution in [0.2, 0.25) is 0 Å². The molecule has 2 heterocycles. The summed E-state index contributed by atoms with van der Waals surface area (Å²) in [6, 6.07) is 4.61. The monoisotopic (exact) mass is 334 g/mol. The van der Waals surface area contributed by atoms with Crippen LogP contribution in [0.4, 0.5) is 0 Å². The Kier molecular flexibility index (Phi) is 5.51. The summed E-state index contributed by atoms with van der Waals surface area (Å²) in [6.07, 6.45) is 6.05. The first kappa shape index (κ1) is 16.7. The van der Waals surface area contributed by atoms with E-state index in [1.807, 2.05) is 31.4 Å². The summed E-state index contributed by atoms with van der Waals surface area (Å²) < 4.78 is 5.86. The first-order valence-electron chi connectivity index (χ1n) is 8.56. The molecule has 4 nitrogen and oxygen atoms in total. The fourth-order valence-corrected chi connectivity index (χ4v) is 4.05. The molecule has 1 aliphatic rings. The maximum Gasteiger partial charge on any atom is 0.236 e. The molecule has 23 heavy (non-hydrogen) atoms. The van der Waals surface area contributed by atoms with Crippen LogP contribution in [-0.2, 0) is 6.54 Å². The zero-order chi connectivity index (χ0) is 16.2. The van der Waals surface area contributed by atoms with Crippen molar-refractivity contribution in [2.75, 3.05) is 6.54 Å². The molecule has 0 radical (unpaired) electrons. The van der Waals surface area contributed by atoms with Gasteiger partial charge in [-0.1, -0.05) is 25.3 Å². The number of oxazole rings is 1. The van der Waals surface area contributed by atoms with Gasteiger partial charge in [-0.2, -0.15) is 0 Å². The molecular formula is C18H26N2O2S. The molecule has 126 valence electrons. The molecule has 0 spiro atoms. The van der Waals surface area contributed by atoms with Gasteiger partial charge in [0, 0.05) is 19.1 Å². The molecule has 1 saturated carbocycles. The van der Waals surface area contributed by atoms with Crippen LogP contribution in [0.3, 0.4) is 0 Å². The third kappa shape index (κ3) is 4.22. The van der Waals surface area contributed by atoms with Gasteiger partial charge in [-0.05, 0) is 38.1 Å². The lowest BCUT2D eigenvalue weighted by molar-refractivity contribution is 0.0757. The van der Waals surface area contributed by atoms with Gasteiger partial charge in [0.1, 0.15) is 5.76 Å². The van der Waals surface area contributed by atoms with E-state index >= 15 is 0 Å². The molecule has 0 bridgehead atoms. The second-order valence-electron chi connectivity index (χ2n) is 6.57. The second-order valence-corrected chi connectivity index (χ2v) is 7.52. The Balaban J connectivity index is 1.76. The topological polar surface area (TPSA) is 49.5 Å². The minimum Gasteiger partial charge on any atom is -0.440 e. The van der Waals surface area contributed by atoms with Gasteiger partial charge >= 0.3 is 0 Å². The Morgan fingerprint density at radius 2 is 2.17 bits per heavy atom. The van der Waals surface area contributed by atoms with Crippen LogP contribution in [-0.4, -0.2) is 33.7 Å². The number of nitrogens with zero attached hydrogens (tertiary/aromatic N) is 2. The van der Waals surface area contributed by atoms with Gasteiger partial charge in [-0.3, -0.25) is 4.90 Å². The normalized spacial score (nSPS) is 17.7. The third-order valence-electron chi connectivity index (χ3n) is 4.57. The molecule has 0 aromatic carbocycles. The van der Waals surface area contributed by atoms with Crippen LogP contribution in [0.1, 0.15) is 50.5 Å². The number of hydrogen-bond donors (Lipinski definition) is 1. The van der Waals surface area contributed by atoms with Crippen molar-refractivity contribution in [2.45, 2.75) is 64.6 Å². The molecule has 0 aliphatic heterocycles. The van der Waals surface area contributed by atoms with Crippen molar-refractivity contribution in [3.63, 3.8) is 0 Å². The number of aliphatic hydroxyl groups is 1. The standard InChI is InChI=1S/C18H26N2O2S/c1-13(21)11-20(15-7-4-3-5-8-15)12-16-14(2)22-18(19-16)17-9-6-10-23-17/h6,9-10,13,15,21H,3-5,7-8,11-12H2,1-2H3. The van der Waals surface area contributed by atoms with Crippen LogP contribution in [0.5, 0.6) is 0 Å². The summed E-state index contributed by atoms with van der Waals surface area (Å²) in [4.78, 5) is 8.18. The Morgan fingerprint density at radius 3 is 2.83 bits per heavy atom. The highest BCUT2D eigenvalue weighted by molar-refractivity contribution is 7.13. The zero-order valence-corrected chi connectivity index (χ0v) is 14.8. The highest BCUT2D eigenvalue weighted by Crippen LogP contribution is 2.28. The molecular weight excluding hydrogens is 308 g/mol. The first-order valence-corrected chi connectivity index (χ1v) is 9.43. The SMILES string of the molecule is Cc1oc(-c2cccs2)nc1CN(CC(C)O)C1CCCCC1. The number of aliphatic hydroxyl groups excluding tert-OH is 1. The fraction of sp³-hybridized carbons (Fsp3) is 0.611. The van der Waals surface area contributed by atoms with Crippen LogP contribution < -0.4 is 0 Å². The molecule has 1 N–H and O–H groups in total. The van der Waals surface area contributed by atoms with Crippen LogP contribution >= 0.6 is 11.3 Å². The minimum absolute atomic E-state index is 0.319. The van der Waals surface area contributed by atoms with Gasteiger partial charge in [0.15, 0.2) is 0 Å². The van der Waals surface area contributed by atoms with Crippen molar-refractivity contribution in [2.24, 2.45) is 0 Å². The smallest absolute Gasteiger partial charge is 0.236 e. The lowest BCUT2D eigenvalue weighted by Gasteiger charge is -2.34. The van der Waals surface area contributed by atoms with E-state index in [4.69, 9.17) is 9.40 Å². The molecule has 2 aromatic rings. The van der Waals surface area contributed by atoms with Gasteiger partial charge in [-0.25, -0.2) is 4.98 Å². The van der Waals surface area contributed by atoms with Crippen LogP contribution in [0.15, 0.2) is 21.9 Å². The number of aromatic nitrogens is 1. The maximum absolute atomic E-state index is 9.87. The summed E-state index contributed by atoms with van der Waals surface area (Å²) in [7, 11) is 0. The van der Waals surface area contributed by atoms with Crippen LogP contribution in [0, 0.1) is 6.92 Å². The van der Waals surface area contributed by atoms with Gasteiger partial charge in [0.2, 0.25) is 5.89 Å². The molecule has 1 unspecified atom stereocenters. The van der Waals surface area contributed by atoms with E-state index < -0.39 is 0 Å². The lowest BCUT2D eigenvalue weighted by atomic mass is 9.94. The van der Waals surface area contributed by atoms with Crippen molar-refractivity contribution < 1.29 is 9.52 Å². The van der Waals surface area contributed by atoms with Gasteiger partial charge < -0.3 is 9.52 Å². The number of thiophene rings is 1. The lowest BCUT2D eigenvalue weighted by Crippen LogP contribution is -2.40.